The third-order valence-electron chi connectivity index (χ3n) is 5.15. The van der Waals surface area contributed by atoms with Gasteiger partial charge in [0.15, 0.2) is 6.10 Å². The largest absolute Gasteiger partial charge is 0.481 e. The lowest BCUT2D eigenvalue weighted by Gasteiger charge is -2.19. The summed E-state index contributed by atoms with van der Waals surface area (Å²) in [6.07, 6.45) is 4.64. The van der Waals surface area contributed by atoms with Crippen molar-refractivity contribution in [1.29, 1.82) is 0 Å². The number of sulfonamides is 1. The predicted molar refractivity (Wildman–Crippen MR) is 125 cm³/mol. The topological polar surface area (TPSA) is 93.5 Å². The normalized spacial score (nSPS) is 12.2. The summed E-state index contributed by atoms with van der Waals surface area (Å²) >= 11 is 0. The number of carbonyl (C=O) groups excluding carboxylic acids is 1. The minimum absolute atomic E-state index is 0.209. The first-order valence-electron chi connectivity index (χ1n) is 10.3. The first-order valence-corrected chi connectivity index (χ1v) is 12.1. The maximum atomic E-state index is 12.6. The van der Waals surface area contributed by atoms with Crippen molar-refractivity contribution in [2.45, 2.75) is 32.9 Å². The highest BCUT2D eigenvalue weighted by Crippen LogP contribution is 2.21. The van der Waals surface area contributed by atoms with Crippen LogP contribution in [0.4, 0.5) is 5.69 Å². The van der Waals surface area contributed by atoms with E-state index in [1.165, 1.54) is 11.4 Å². The number of benzene rings is 2. The fraction of sp³-hybridized carbons (Fsp3) is 0.304. The average molecular weight is 457 g/mol. The minimum atomic E-state index is -3.34. The first-order chi connectivity index (χ1) is 15.2. The van der Waals surface area contributed by atoms with Gasteiger partial charge in [-0.3, -0.25) is 9.10 Å². The van der Waals surface area contributed by atoms with Crippen LogP contribution in [-0.4, -0.2) is 43.3 Å². The number of hydrogen-bond acceptors (Lipinski definition) is 5. The van der Waals surface area contributed by atoms with Crippen molar-refractivity contribution in [1.82, 2.24) is 14.9 Å². The van der Waals surface area contributed by atoms with E-state index < -0.39 is 16.1 Å². The molecule has 1 amide bonds. The molecule has 1 N–H and O–H groups in total. The van der Waals surface area contributed by atoms with Crippen molar-refractivity contribution in [3.05, 3.63) is 72.3 Å². The number of amides is 1. The summed E-state index contributed by atoms with van der Waals surface area (Å²) in [6.45, 7) is 4.20. The van der Waals surface area contributed by atoms with Crippen LogP contribution in [0.15, 0.2) is 60.9 Å². The van der Waals surface area contributed by atoms with E-state index in [1.54, 1.807) is 30.5 Å². The van der Waals surface area contributed by atoms with Crippen LogP contribution in [0, 0.1) is 6.92 Å². The molecule has 8 nitrogen and oxygen atoms in total. The number of nitrogens with one attached hydrogen (secondary N) is 1. The minimum Gasteiger partial charge on any atom is -0.481 e. The van der Waals surface area contributed by atoms with Crippen LogP contribution in [0.1, 0.15) is 24.7 Å². The molecule has 0 unspecified atom stereocenters. The number of hydrogen-bond donors (Lipinski definition) is 1. The van der Waals surface area contributed by atoms with Crippen LogP contribution < -0.4 is 14.4 Å². The smallest absolute Gasteiger partial charge is 0.261 e. The second-order valence-corrected chi connectivity index (χ2v) is 9.48. The van der Waals surface area contributed by atoms with Crippen molar-refractivity contribution in [3.63, 3.8) is 0 Å². The molecule has 0 aliphatic heterocycles. The van der Waals surface area contributed by atoms with E-state index in [9.17, 15) is 13.2 Å². The van der Waals surface area contributed by atoms with Gasteiger partial charge in [-0.25, -0.2) is 13.4 Å². The highest BCUT2D eigenvalue weighted by molar-refractivity contribution is 7.92. The monoisotopic (exact) mass is 456 g/mol. The van der Waals surface area contributed by atoms with Crippen molar-refractivity contribution in [3.8, 4) is 11.4 Å². The van der Waals surface area contributed by atoms with E-state index in [0.717, 1.165) is 23.3 Å². The van der Waals surface area contributed by atoms with Gasteiger partial charge in [0.05, 0.1) is 11.9 Å². The lowest BCUT2D eigenvalue weighted by molar-refractivity contribution is -0.128. The Kier molecular flexibility index (Phi) is 7.19. The number of ether oxygens (including phenoxy) is 1. The summed E-state index contributed by atoms with van der Waals surface area (Å²) < 4.78 is 32.3. The Morgan fingerprint density at radius 2 is 1.81 bits per heavy atom. The zero-order valence-corrected chi connectivity index (χ0v) is 19.5. The van der Waals surface area contributed by atoms with Gasteiger partial charge in [0, 0.05) is 31.7 Å². The molecule has 0 radical (unpaired) electrons. The molecular weight excluding hydrogens is 428 g/mol. The van der Waals surface area contributed by atoms with Crippen LogP contribution in [0.5, 0.6) is 5.75 Å². The second-order valence-electron chi connectivity index (χ2n) is 7.47. The Morgan fingerprint density at radius 1 is 1.16 bits per heavy atom. The van der Waals surface area contributed by atoms with Crippen LogP contribution in [0.25, 0.3) is 5.69 Å². The molecule has 0 saturated carbocycles. The standard InChI is InChI=1S/C23H28N4O4S/c1-5-22(31-21-12-10-19(11-13-21)26(3)32(4,29)30)23(28)25-16-18-6-8-20(9-7-18)27-15-14-24-17(27)2/h6-15,22H,5,16H2,1-4H3,(H,25,28)/t22-/m1/s1. The molecule has 2 aromatic carbocycles. The average Bonchev–Trinajstić information content (AvgIpc) is 3.21. The van der Waals surface area contributed by atoms with E-state index in [4.69, 9.17) is 4.74 Å². The van der Waals surface area contributed by atoms with Gasteiger partial charge in [0.2, 0.25) is 10.0 Å². The Labute approximate surface area is 188 Å². The molecule has 3 aromatic rings. The van der Waals surface area contributed by atoms with Gasteiger partial charge in [-0.15, -0.1) is 0 Å². The Balaban J connectivity index is 1.57. The zero-order chi connectivity index (χ0) is 23.3. The molecule has 0 bridgehead atoms. The first kappa shape index (κ1) is 23.3. The molecule has 0 saturated heterocycles. The van der Waals surface area contributed by atoms with Crippen LogP contribution >= 0.6 is 0 Å². The molecule has 0 spiro atoms. The number of anilines is 1. The molecule has 1 atom stereocenters. The number of aryl methyl sites for hydroxylation is 1. The molecule has 0 fully saturated rings. The molecular formula is C23H28N4O4S. The molecule has 170 valence electrons. The van der Waals surface area contributed by atoms with Crippen LogP contribution in [0.2, 0.25) is 0 Å². The van der Waals surface area contributed by atoms with Crippen LogP contribution in [-0.2, 0) is 21.4 Å². The highest BCUT2D eigenvalue weighted by Gasteiger charge is 2.19. The van der Waals surface area contributed by atoms with E-state index in [1.807, 2.05) is 48.9 Å². The van der Waals surface area contributed by atoms with Gasteiger partial charge in [-0.05, 0) is 55.3 Å². The molecule has 1 aromatic heterocycles. The molecule has 0 aliphatic carbocycles. The third-order valence-corrected chi connectivity index (χ3v) is 6.35. The number of imidazole rings is 1. The van der Waals surface area contributed by atoms with Crippen molar-refractivity contribution in [2.75, 3.05) is 17.6 Å². The molecule has 0 aliphatic rings. The van der Waals surface area contributed by atoms with Crippen LogP contribution in [0.3, 0.4) is 0 Å². The zero-order valence-electron chi connectivity index (χ0n) is 18.6. The van der Waals surface area contributed by atoms with Crippen molar-refractivity contribution >= 4 is 21.6 Å². The highest BCUT2D eigenvalue weighted by atomic mass is 32.2. The number of rotatable bonds is 9. The maximum absolute atomic E-state index is 12.6. The van der Waals surface area contributed by atoms with Gasteiger partial charge >= 0.3 is 0 Å². The summed E-state index contributed by atoms with van der Waals surface area (Å²) in [6, 6.07) is 14.5. The summed E-state index contributed by atoms with van der Waals surface area (Å²) in [5, 5.41) is 2.91. The Hall–Kier alpha value is -3.33. The van der Waals surface area contributed by atoms with Gasteiger partial charge < -0.3 is 14.6 Å². The predicted octanol–water partition coefficient (Wildman–Crippen LogP) is 3.05. The molecule has 9 heteroatoms. The Bertz CT molecular complexity index is 1160. The van der Waals surface area contributed by atoms with Gasteiger partial charge in [-0.2, -0.15) is 0 Å². The summed E-state index contributed by atoms with van der Waals surface area (Å²) in [4.78, 5) is 16.8. The molecule has 32 heavy (non-hydrogen) atoms. The van der Waals surface area contributed by atoms with E-state index >= 15 is 0 Å². The summed E-state index contributed by atoms with van der Waals surface area (Å²) in [5.41, 5.74) is 2.50. The van der Waals surface area contributed by atoms with Gasteiger partial charge in [-0.1, -0.05) is 19.1 Å². The Morgan fingerprint density at radius 3 is 2.34 bits per heavy atom. The fourth-order valence-electron chi connectivity index (χ4n) is 3.14. The third kappa shape index (κ3) is 5.67. The van der Waals surface area contributed by atoms with Gasteiger partial charge in [0.1, 0.15) is 11.6 Å². The fourth-order valence-corrected chi connectivity index (χ4v) is 3.65. The van der Waals surface area contributed by atoms with E-state index in [-0.39, 0.29) is 5.91 Å². The second kappa shape index (κ2) is 9.86. The van der Waals surface area contributed by atoms with Gasteiger partial charge in [0.25, 0.3) is 5.91 Å². The maximum Gasteiger partial charge on any atom is 0.261 e. The number of aromatic nitrogens is 2. The number of nitrogens with zero attached hydrogens (tertiary/aromatic N) is 3. The lowest BCUT2D eigenvalue weighted by Crippen LogP contribution is -2.37. The lowest BCUT2D eigenvalue weighted by atomic mass is 10.2. The quantitative estimate of drug-likeness (QED) is 0.534. The SMILES string of the molecule is CC[C@@H](Oc1ccc(N(C)S(C)(=O)=O)cc1)C(=O)NCc1ccc(-n2ccnc2C)cc1. The van der Waals surface area contributed by atoms with Crippen molar-refractivity contribution < 1.29 is 17.9 Å². The summed E-state index contributed by atoms with van der Waals surface area (Å²) in [5.74, 6) is 1.20. The molecule has 3 rings (SSSR count). The van der Waals surface area contributed by atoms with Crippen molar-refractivity contribution in [2.24, 2.45) is 0 Å². The molecule has 1 heterocycles. The van der Waals surface area contributed by atoms with E-state index in [2.05, 4.69) is 10.3 Å². The van der Waals surface area contributed by atoms with E-state index in [0.29, 0.717) is 24.4 Å². The summed E-state index contributed by atoms with van der Waals surface area (Å²) in [7, 11) is -1.85. The number of carbonyl (C=O) groups is 1.